The molecule has 12 nitrogen and oxygen atoms in total. The predicted molar refractivity (Wildman–Crippen MR) is 138 cm³/mol. The Balaban J connectivity index is 1.09. The van der Waals surface area contributed by atoms with Gasteiger partial charge in [-0.25, -0.2) is 22.0 Å². The lowest BCUT2D eigenvalue weighted by Crippen LogP contribution is -2.47. The van der Waals surface area contributed by atoms with Crippen LogP contribution in [0.4, 0.5) is 0 Å². The normalized spacial score (nSPS) is 21.2. The third-order valence-electron chi connectivity index (χ3n) is 7.07. The number of H-pyrrole nitrogens is 1. The van der Waals surface area contributed by atoms with E-state index < -0.39 is 31.8 Å². The average molecular weight is 566 g/mol. The lowest BCUT2D eigenvalue weighted by atomic mass is 9.88. The molecular weight excluding hydrogens is 534 g/mol. The first-order chi connectivity index (χ1) is 18.0. The summed E-state index contributed by atoms with van der Waals surface area (Å²) in [6.45, 7) is 1.39. The number of piperidine rings is 1. The monoisotopic (exact) mass is 565 g/mol. The van der Waals surface area contributed by atoms with E-state index in [1.165, 1.54) is 28.7 Å². The van der Waals surface area contributed by atoms with Crippen LogP contribution in [0.1, 0.15) is 19.3 Å². The first-order valence-electron chi connectivity index (χ1n) is 12.3. The molecule has 206 valence electrons. The molecule has 3 aromatic rings. The molecule has 0 saturated carbocycles. The molecule has 0 amide bonds. The van der Waals surface area contributed by atoms with E-state index in [4.69, 9.17) is 14.6 Å². The van der Waals surface area contributed by atoms with E-state index >= 15 is 0 Å². The highest BCUT2D eigenvalue weighted by Crippen LogP contribution is 2.37. The third kappa shape index (κ3) is 5.86. The number of hydrogen-bond acceptors (Lipinski definition) is 9. The van der Waals surface area contributed by atoms with Crippen LogP contribution in [-0.4, -0.2) is 86.8 Å². The van der Waals surface area contributed by atoms with Gasteiger partial charge in [0.2, 0.25) is 20.0 Å². The predicted octanol–water partition coefficient (Wildman–Crippen LogP) is 0.552. The molecule has 5 N–H and O–H groups in total. The molecular formula is C24H31N5O7S2. The fourth-order valence-electron chi connectivity index (χ4n) is 4.96. The highest BCUT2D eigenvalue weighted by atomic mass is 32.2. The molecule has 0 bridgehead atoms. The van der Waals surface area contributed by atoms with Crippen molar-refractivity contribution in [2.45, 2.75) is 46.8 Å². The van der Waals surface area contributed by atoms with Crippen LogP contribution >= 0.6 is 0 Å². The number of aliphatic hydroxyl groups is 1. The maximum atomic E-state index is 13.2. The number of primary sulfonamides is 1. The van der Waals surface area contributed by atoms with Crippen LogP contribution < -0.4 is 15.2 Å². The maximum absolute atomic E-state index is 13.2. The van der Waals surface area contributed by atoms with Gasteiger partial charge in [-0.05, 0) is 43.5 Å². The second kappa shape index (κ2) is 10.5. The number of fused-ring (bicyclic) bond motifs is 1. The molecule has 4 heterocycles. The Hall–Kier alpha value is -2.59. The summed E-state index contributed by atoms with van der Waals surface area (Å²) in [6, 6.07) is 9.20. The molecule has 0 aliphatic carbocycles. The summed E-state index contributed by atoms with van der Waals surface area (Å²) in [5, 5.41) is 18.8. The smallest absolute Gasteiger partial charge is 0.244 e. The van der Waals surface area contributed by atoms with Gasteiger partial charge in [0.05, 0.1) is 28.1 Å². The van der Waals surface area contributed by atoms with Crippen molar-refractivity contribution >= 4 is 31.1 Å². The second-order valence-corrected chi connectivity index (χ2v) is 13.3. The van der Waals surface area contributed by atoms with Crippen LogP contribution in [0.3, 0.4) is 0 Å². The lowest BCUT2D eigenvalue weighted by molar-refractivity contribution is -0.0312. The van der Waals surface area contributed by atoms with Crippen molar-refractivity contribution < 1.29 is 31.4 Å². The molecule has 1 spiro atoms. The number of hydrogen-bond donors (Lipinski definition) is 4. The highest BCUT2D eigenvalue weighted by Gasteiger charge is 2.44. The van der Waals surface area contributed by atoms with E-state index in [1.54, 1.807) is 24.4 Å². The maximum Gasteiger partial charge on any atom is 0.244 e. The Labute approximate surface area is 221 Å². The molecule has 38 heavy (non-hydrogen) atoms. The quantitative estimate of drug-likeness (QED) is 0.288. The molecule has 0 unspecified atom stereocenters. The molecule has 14 heteroatoms. The Morgan fingerprint density at radius 3 is 2.76 bits per heavy atom. The molecule has 2 aromatic heterocycles. The van der Waals surface area contributed by atoms with Gasteiger partial charge in [0.25, 0.3) is 0 Å². The van der Waals surface area contributed by atoms with Crippen molar-refractivity contribution in [3.63, 3.8) is 0 Å². The summed E-state index contributed by atoms with van der Waals surface area (Å²) >= 11 is 0. The number of aromatic amines is 1. The summed E-state index contributed by atoms with van der Waals surface area (Å²) in [7, 11) is -7.50. The number of nitrogens with zero attached hydrogens (tertiary/aromatic N) is 2. The van der Waals surface area contributed by atoms with Crippen molar-refractivity contribution in [3.05, 3.63) is 48.8 Å². The number of benzene rings is 1. The standard InChI is InChI=1S/C24H31N5O7S2/c25-37(31,32)20-3-1-2-19(10-20)35-16-18(30)13-27-17-12-24(36-15-17)5-8-29(9-6-24)38(33,34)21-11-23-22(28-14-21)4-7-26-23/h1-4,7,10-11,14,17-18,26-27,30H,5-6,8-9,12-13,15-16H2,(H2,25,31,32)/t17-,18-/m0/s1. The van der Waals surface area contributed by atoms with Crippen LogP contribution in [0.5, 0.6) is 5.75 Å². The summed E-state index contributed by atoms with van der Waals surface area (Å²) < 4.78 is 62.4. The first-order valence-corrected chi connectivity index (χ1v) is 15.3. The van der Waals surface area contributed by atoms with Gasteiger partial charge in [0.15, 0.2) is 0 Å². The average Bonchev–Trinajstić information content (AvgIpc) is 3.53. The van der Waals surface area contributed by atoms with Gasteiger partial charge in [-0.15, -0.1) is 0 Å². The van der Waals surface area contributed by atoms with Crippen molar-refractivity contribution in [1.29, 1.82) is 0 Å². The lowest BCUT2D eigenvalue weighted by Gasteiger charge is -2.38. The first kappa shape index (κ1) is 27.0. The molecule has 1 aromatic carbocycles. The van der Waals surface area contributed by atoms with Gasteiger partial charge in [-0.2, -0.15) is 4.31 Å². The molecule has 2 atom stereocenters. The minimum Gasteiger partial charge on any atom is -0.491 e. The Morgan fingerprint density at radius 2 is 2.00 bits per heavy atom. The van der Waals surface area contributed by atoms with Gasteiger partial charge >= 0.3 is 0 Å². The van der Waals surface area contributed by atoms with Crippen LogP contribution in [0, 0.1) is 0 Å². The van der Waals surface area contributed by atoms with E-state index in [-0.39, 0.29) is 29.0 Å². The van der Waals surface area contributed by atoms with Crippen molar-refractivity contribution in [2.24, 2.45) is 5.14 Å². The van der Waals surface area contributed by atoms with Crippen molar-refractivity contribution in [1.82, 2.24) is 19.6 Å². The number of pyridine rings is 1. The van der Waals surface area contributed by atoms with Crippen LogP contribution in [0.25, 0.3) is 11.0 Å². The Bertz CT molecular complexity index is 1500. The minimum atomic E-state index is -3.84. The molecule has 2 fully saturated rings. The number of aliphatic hydroxyl groups excluding tert-OH is 1. The topological polar surface area (TPSA) is 177 Å². The van der Waals surface area contributed by atoms with Gasteiger partial charge < -0.3 is 24.9 Å². The van der Waals surface area contributed by atoms with E-state index in [9.17, 15) is 21.9 Å². The molecule has 5 rings (SSSR count). The number of rotatable bonds is 9. The van der Waals surface area contributed by atoms with E-state index in [0.29, 0.717) is 55.7 Å². The van der Waals surface area contributed by atoms with Crippen molar-refractivity contribution in [3.8, 4) is 5.75 Å². The van der Waals surface area contributed by atoms with E-state index in [1.807, 2.05) is 0 Å². The molecule has 0 radical (unpaired) electrons. The number of sulfonamides is 2. The van der Waals surface area contributed by atoms with E-state index in [0.717, 1.165) is 0 Å². The van der Waals surface area contributed by atoms with E-state index in [2.05, 4.69) is 15.3 Å². The fraction of sp³-hybridized carbons (Fsp3) is 0.458. The Kier molecular flexibility index (Phi) is 7.48. The number of aromatic nitrogens is 2. The zero-order chi connectivity index (χ0) is 27.0. The van der Waals surface area contributed by atoms with Gasteiger partial charge in [-0.3, -0.25) is 4.98 Å². The number of ether oxygens (including phenoxy) is 2. The highest BCUT2D eigenvalue weighted by molar-refractivity contribution is 7.89. The van der Waals surface area contributed by atoms with Crippen LogP contribution in [-0.2, 0) is 24.8 Å². The minimum absolute atomic E-state index is 0.0120. The second-order valence-electron chi connectivity index (χ2n) is 9.77. The Morgan fingerprint density at radius 1 is 1.21 bits per heavy atom. The SMILES string of the molecule is NS(=O)(=O)c1cccc(OC[C@@H](O)CN[C@@H]2COC3(CCN(S(=O)(=O)c4cnc5cc[nH]c5c4)CC3)C2)c1. The van der Waals surface area contributed by atoms with Gasteiger partial charge in [0, 0.05) is 44.1 Å². The summed E-state index contributed by atoms with van der Waals surface area (Å²) in [5.74, 6) is 0.295. The summed E-state index contributed by atoms with van der Waals surface area (Å²) in [6.07, 6.45) is 4.16. The zero-order valence-corrected chi connectivity index (χ0v) is 22.2. The largest absolute Gasteiger partial charge is 0.491 e. The number of nitrogens with one attached hydrogen (secondary N) is 2. The molecule has 2 aliphatic rings. The summed E-state index contributed by atoms with van der Waals surface area (Å²) in [5.41, 5.74) is 0.991. The van der Waals surface area contributed by atoms with Crippen LogP contribution in [0.2, 0.25) is 0 Å². The molecule has 2 aliphatic heterocycles. The zero-order valence-electron chi connectivity index (χ0n) is 20.6. The fourth-order valence-corrected chi connectivity index (χ4v) is 6.92. The summed E-state index contributed by atoms with van der Waals surface area (Å²) in [4.78, 5) is 7.34. The van der Waals surface area contributed by atoms with Gasteiger partial charge in [-0.1, -0.05) is 6.07 Å². The third-order valence-corrected chi connectivity index (χ3v) is 9.85. The molecule has 2 saturated heterocycles. The number of nitrogens with two attached hydrogens (primary N) is 1. The van der Waals surface area contributed by atoms with Crippen LogP contribution in [0.15, 0.2) is 58.6 Å². The van der Waals surface area contributed by atoms with Crippen molar-refractivity contribution in [2.75, 3.05) is 32.8 Å². The van der Waals surface area contributed by atoms with Gasteiger partial charge in [0.1, 0.15) is 23.4 Å².